The second kappa shape index (κ2) is 12.1. The maximum absolute atomic E-state index is 15.6. The van der Waals surface area contributed by atoms with E-state index >= 15 is 4.39 Å². The van der Waals surface area contributed by atoms with Crippen LogP contribution >= 0.6 is 0 Å². The summed E-state index contributed by atoms with van der Waals surface area (Å²) in [4.78, 5) is 26.5. The Bertz CT molecular complexity index is 1490. The molecule has 0 N–H and O–H groups in total. The molecule has 0 aliphatic rings. The van der Waals surface area contributed by atoms with Crippen molar-refractivity contribution in [1.29, 1.82) is 0 Å². The summed E-state index contributed by atoms with van der Waals surface area (Å²) in [7, 11) is -2.17. The number of rotatable bonds is 9. The molecule has 0 aliphatic heterocycles. The molecule has 0 fully saturated rings. The van der Waals surface area contributed by atoms with Crippen molar-refractivity contribution in [2.45, 2.75) is 85.5 Å². The molecule has 41 heavy (non-hydrogen) atoms. The van der Waals surface area contributed by atoms with Crippen LogP contribution in [0.4, 0.5) is 13.2 Å². The Morgan fingerprint density at radius 3 is 2.12 bits per heavy atom. The monoisotopic (exact) mass is 589 g/mol. The van der Waals surface area contributed by atoms with Crippen LogP contribution in [0.25, 0.3) is 10.9 Å². The first kappa shape index (κ1) is 32.6. The number of aryl methyl sites for hydroxylation is 2. The van der Waals surface area contributed by atoms with Gasteiger partial charge in [0.1, 0.15) is 23.0 Å². The van der Waals surface area contributed by atoms with Crippen LogP contribution in [0.15, 0.2) is 41.3 Å². The van der Waals surface area contributed by atoms with Crippen molar-refractivity contribution in [3.63, 3.8) is 0 Å². The molecule has 0 aliphatic carbocycles. The van der Waals surface area contributed by atoms with Crippen LogP contribution in [-0.4, -0.2) is 32.1 Å². The van der Waals surface area contributed by atoms with E-state index in [0.29, 0.717) is 12.1 Å². The highest BCUT2D eigenvalue weighted by Crippen LogP contribution is 2.40. The van der Waals surface area contributed by atoms with E-state index in [4.69, 9.17) is 9.16 Å². The van der Waals surface area contributed by atoms with Crippen LogP contribution in [0.5, 0.6) is 0 Å². The van der Waals surface area contributed by atoms with Gasteiger partial charge in [0.25, 0.3) is 0 Å². The Morgan fingerprint density at radius 1 is 0.951 bits per heavy atom. The molecule has 224 valence electrons. The zero-order valence-corrected chi connectivity index (χ0v) is 26.6. The largest absolute Gasteiger partial charge is 0.462 e. The minimum absolute atomic E-state index is 0.0395. The molecule has 0 saturated heterocycles. The fourth-order valence-corrected chi connectivity index (χ4v) is 5.47. The number of nitrogens with zero attached hydrogens (tertiary/aromatic N) is 1. The van der Waals surface area contributed by atoms with Crippen molar-refractivity contribution in [3.05, 3.63) is 80.9 Å². The molecule has 2 aromatic carbocycles. The van der Waals surface area contributed by atoms with E-state index in [1.807, 2.05) is 20.8 Å². The average Bonchev–Trinajstić information content (AvgIpc) is 2.83. The Hall–Kier alpha value is -2.91. The van der Waals surface area contributed by atoms with Crippen molar-refractivity contribution in [2.75, 3.05) is 13.2 Å². The molecule has 9 heteroatoms. The Balaban J connectivity index is 2.19. The molecule has 1 heterocycles. The lowest BCUT2D eigenvalue weighted by Crippen LogP contribution is -2.43. The van der Waals surface area contributed by atoms with Crippen molar-refractivity contribution >= 4 is 25.2 Å². The number of carbonyl (C=O) groups is 1. The molecule has 0 bridgehead atoms. The molecular weight excluding hydrogens is 547 g/mol. The summed E-state index contributed by atoms with van der Waals surface area (Å²) >= 11 is 0. The predicted octanol–water partition coefficient (Wildman–Crippen LogP) is 7.99. The Labute approximate surface area is 241 Å². The second-order valence-electron chi connectivity index (χ2n) is 13.1. The molecule has 3 rings (SSSR count). The number of halogens is 3. The first-order valence-electron chi connectivity index (χ1n) is 14.0. The lowest BCUT2D eigenvalue weighted by Gasteiger charge is -2.40. The summed E-state index contributed by atoms with van der Waals surface area (Å²) in [5.74, 6) is -2.73. The van der Waals surface area contributed by atoms with Crippen molar-refractivity contribution in [1.82, 2.24) is 4.57 Å². The van der Waals surface area contributed by atoms with Gasteiger partial charge in [-0.3, -0.25) is 4.79 Å². The molecule has 3 aromatic rings. The fourth-order valence-electron chi connectivity index (χ4n) is 4.46. The van der Waals surface area contributed by atoms with Crippen molar-refractivity contribution in [2.24, 2.45) is 5.41 Å². The summed E-state index contributed by atoms with van der Waals surface area (Å²) in [5, 5.41) is 0.121. The fraction of sp³-hybridized carbons (Fsp3) is 0.500. The van der Waals surface area contributed by atoms with Crippen molar-refractivity contribution < 1.29 is 27.1 Å². The van der Waals surface area contributed by atoms with E-state index in [1.165, 1.54) is 24.4 Å². The van der Waals surface area contributed by atoms with Crippen LogP contribution in [0.2, 0.25) is 18.1 Å². The standard InChI is InChI=1S/C32H42F3NO4Si/c1-10-39-30(38)24-18-36(28(31(2,3)4)19-40-41(8,9)32(5,6)7)27-17-26(35)21(15-23(27)29(24)37)12-11-20-13-14-22(33)16-25(20)34/h13-18,28H,10-12,19H2,1-9H3/t28-/m1/s1. The molecule has 5 nitrogen and oxygen atoms in total. The molecule has 0 unspecified atom stereocenters. The van der Waals surface area contributed by atoms with E-state index in [-0.39, 0.29) is 52.6 Å². The van der Waals surface area contributed by atoms with E-state index in [0.717, 1.165) is 12.1 Å². The van der Waals surface area contributed by atoms with E-state index < -0.39 is 42.6 Å². The smallest absolute Gasteiger partial charge is 0.343 e. The summed E-state index contributed by atoms with van der Waals surface area (Å²) in [6.07, 6.45) is 1.64. The van der Waals surface area contributed by atoms with E-state index in [1.54, 1.807) is 11.5 Å². The minimum atomic E-state index is -2.17. The number of hydrogen-bond donors (Lipinski definition) is 0. The summed E-state index contributed by atoms with van der Waals surface area (Å²) in [5.41, 5.74) is -0.359. The van der Waals surface area contributed by atoms with Gasteiger partial charge >= 0.3 is 5.97 Å². The number of ether oxygens (including phenoxy) is 1. The van der Waals surface area contributed by atoms with Crippen molar-refractivity contribution in [3.8, 4) is 0 Å². The highest BCUT2D eigenvalue weighted by molar-refractivity contribution is 6.74. The number of pyridine rings is 1. The quantitative estimate of drug-likeness (QED) is 0.188. The normalized spacial score (nSPS) is 13.5. The third-order valence-electron chi connectivity index (χ3n) is 8.12. The van der Waals surface area contributed by atoms with Gasteiger partial charge in [0.15, 0.2) is 8.32 Å². The van der Waals surface area contributed by atoms with Gasteiger partial charge < -0.3 is 13.7 Å². The number of esters is 1. The van der Waals surface area contributed by atoms with E-state index in [2.05, 4.69) is 33.9 Å². The molecule has 0 amide bonds. The number of hydrogen-bond acceptors (Lipinski definition) is 4. The average molecular weight is 590 g/mol. The molecule has 1 aromatic heterocycles. The number of aromatic nitrogens is 1. The Kier molecular flexibility index (Phi) is 9.65. The van der Waals surface area contributed by atoms with Gasteiger partial charge in [-0.15, -0.1) is 0 Å². The van der Waals surface area contributed by atoms with Gasteiger partial charge in [0.05, 0.1) is 24.8 Å². The van der Waals surface area contributed by atoms with Gasteiger partial charge in [-0.05, 0) is 72.6 Å². The number of fused-ring (bicyclic) bond motifs is 1. The van der Waals surface area contributed by atoms with Crippen LogP contribution in [0.1, 0.15) is 76.0 Å². The topological polar surface area (TPSA) is 57.5 Å². The van der Waals surface area contributed by atoms with Crippen LogP contribution < -0.4 is 5.43 Å². The maximum Gasteiger partial charge on any atom is 0.343 e. The molecule has 0 spiro atoms. The molecule has 1 atom stereocenters. The molecular formula is C32H42F3NO4Si. The minimum Gasteiger partial charge on any atom is -0.462 e. The zero-order chi connectivity index (χ0) is 30.9. The molecule has 0 saturated carbocycles. The third kappa shape index (κ3) is 7.30. The lowest BCUT2D eigenvalue weighted by molar-refractivity contribution is 0.0522. The summed E-state index contributed by atoms with van der Waals surface area (Å²) < 4.78 is 56.7. The second-order valence-corrected chi connectivity index (χ2v) is 18.0. The SMILES string of the molecule is CCOC(=O)c1cn([C@H](CO[Si](C)(C)C(C)(C)C)C(C)(C)C)c2cc(F)c(CCc3ccc(F)cc3F)cc2c1=O. The highest BCUT2D eigenvalue weighted by Gasteiger charge is 2.39. The zero-order valence-electron chi connectivity index (χ0n) is 25.6. The van der Waals surface area contributed by atoms with Crippen LogP contribution in [0.3, 0.4) is 0 Å². The van der Waals surface area contributed by atoms with Gasteiger partial charge in [0, 0.05) is 17.6 Å². The highest BCUT2D eigenvalue weighted by atomic mass is 28.4. The van der Waals surface area contributed by atoms with E-state index in [9.17, 15) is 18.4 Å². The maximum atomic E-state index is 15.6. The van der Waals surface area contributed by atoms with Gasteiger partial charge in [-0.1, -0.05) is 47.6 Å². The molecule has 0 radical (unpaired) electrons. The first-order valence-corrected chi connectivity index (χ1v) is 16.9. The third-order valence-corrected chi connectivity index (χ3v) is 12.6. The Morgan fingerprint density at radius 2 is 1.56 bits per heavy atom. The van der Waals surface area contributed by atoms with Crippen LogP contribution in [0, 0.1) is 22.9 Å². The first-order chi connectivity index (χ1) is 18.9. The lowest BCUT2D eigenvalue weighted by atomic mass is 9.86. The van der Waals surface area contributed by atoms with Crippen LogP contribution in [-0.2, 0) is 22.0 Å². The number of benzene rings is 2. The van der Waals surface area contributed by atoms with Gasteiger partial charge in [-0.2, -0.15) is 0 Å². The number of carbonyl (C=O) groups excluding carboxylic acids is 1. The summed E-state index contributed by atoms with van der Waals surface area (Å²) in [6, 6.07) is 5.64. The summed E-state index contributed by atoms with van der Waals surface area (Å²) in [6.45, 7) is 18.9. The predicted molar refractivity (Wildman–Crippen MR) is 160 cm³/mol. The van der Waals surface area contributed by atoms with Gasteiger partial charge in [0.2, 0.25) is 5.43 Å². The van der Waals surface area contributed by atoms with Gasteiger partial charge in [-0.25, -0.2) is 18.0 Å².